The van der Waals surface area contributed by atoms with E-state index in [-0.39, 0.29) is 0 Å². The Morgan fingerprint density at radius 3 is 2.59 bits per heavy atom. The zero-order chi connectivity index (χ0) is 22.5. The predicted octanol–water partition coefficient (Wildman–Crippen LogP) is 7.22. The number of carbonyl (C=O) groups is 1. The number of ether oxygens (including phenoxy) is 2. The van der Waals surface area contributed by atoms with Crippen LogP contribution in [0.5, 0.6) is 11.5 Å². The smallest absolute Gasteiger partial charge is 0.308 e. The minimum Gasteiger partial charge on any atom is -0.487 e. The predicted molar refractivity (Wildman–Crippen MR) is 129 cm³/mol. The maximum atomic E-state index is 11.4. The molecule has 0 aliphatic carbocycles. The third kappa shape index (κ3) is 5.28. The minimum atomic E-state index is -0.397. The summed E-state index contributed by atoms with van der Waals surface area (Å²) >= 11 is 12.4. The number of aromatic nitrogens is 1. The lowest BCUT2D eigenvalue weighted by molar-refractivity contribution is -0.131. The molecule has 6 heteroatoms. The number of esters is 1. The van der Waals surface area contributed by atoms with Crippen molar-refractivity contribution in [1.29, 1.82) is 0 Å². The van der Waals surface area contributed by atoms with Crippen LogP contribution in [0.2, 0.25) is 10.0 Å². The molecular weight excluding hydrogens is 445 g/mol. The molecule has 0 N–H and O–H groups in total. The van der Waals surface area contributed by atoms with Crippen molar-refractivity contribution in [3.8, 4) is 11.5 Å². The molecule has 0 bridgehead atoms. The summed E-state index contributed by atoms with van der Waals surface area (Å²) in [6, 6.07) is 22.3. The fourth-order valence-electron chi connectivity index (χ4n) is 3.19. The molecule has 1 heterocycles. The van der Waals surface area contributed by atoms with Gasteiger partial charge in [0.05, 0.1) is 5.69 Å². The highest BCUT2D eigenvalue weighted by molar-refractivity contribution is 6.31. The highest BCUT2D eigenvalue weighted by atomic mass is 35.5. The van der Waals surface area contributed by atoms with Crippen molar-refractivity contribution in [2.75, 3.05) is 0 Å². The first-order valence-corrected chi connectivity index (χ1v) is 10.7. The molecule has 0 atom stereocenters. The van der Waals surface area contributed by atoms with E-state index in [1.807, 2.05) is 66.7 Å². The van der Waals surface area contributed by atoms with Crippen LogP contribution in [0, 0.1) is 0 Å². The normalized spacial score (nSPS) is 11.1. The van der Waals surface area contributed by atoms with Gasteiger partial charge < -0.3 is 9.47 Å². The average molecular weight is 464 g/mol. The second-order valence-electron chi connectivity index (χ2n) is 7.05. The molecule has 3 aromatic carbocycles. The number of benzene rings is 3. The molecule has 0 aliphatic heterocycles. The van der Waals surface area contributed by atoms with Crippen LogP contribution in [0.4, 0.5) is 0 Å². The van der Waals surface area contributed by atoms with Crippen molar-refractivity contribution in [2.45, 2.75) is 13.5 Å². The van der Waals surface area contributed by atoms with Crippen molar-refractivity contribution in [2.24, 2.45) is 0 Å². The average Bonchev–Trinajstić information content (AvgIpc) is 2.78. The van der Waals surface area contributed by atoms with Gasteiger partial charge in [0, 0.05) is 33.5 Å². The van der Waals surface area contributed by atoms with Gasteiger partial charge in [-0.15, -0.1) is 0 Å². The quantitative estimate of drug-likeness (QED) is 0.223. The maximum absolute atomic E-state index is 11.4. The molecule has 1 aromatic heterocycles. The number of pyridine rings is 1. The number of nitrogens with zero attached hydrogens (tertiary/aromatic N) is 1. The van der Waals surface area contributed by atoms with Crippen LogP contribution in [-0.2, 0) is 11.4 Å². The second-order valence-corrected chi connectivity index (χ2v) is 7.90. The van der Waals surface area contributed by atoms with Crippen LogP contribution in [0.15, 0.2) is 72.8 Å². The summed E-state index contributed by atoms with van der Waals surface area (Å²) < 4.78 is 11.3. The molecule has 0 fully saturated rings. The van der Waals surface area contributed by atoms with E-state index in [2.05, 4.69) is 0 Å². The second kappa shape index (κ2) is 9.86. The standard InChI is InChI=1S/C26H19Cl2NO3/c1-17(30)32-24-14-11-21(27)15-19(24)10-13-22-12-9-18-6-4-8-25(26(18)29-22)31-16-20-5-2-3-7-23(20)28/h2-15H,16H2,1H3. The topological polar surface area (TPSA) is 48.4 Å². The lowest BCUT2D eigenvalue weighted by atomic mass is 10.1. The molecule has 0 saturated carbocycles. The van der Waals surface area contributed by atoms with Crippen LogP contribution in [0.1, 0.15) is 23.7 Å². The lowest BCUT2D eigenvalue weighted by Crippen LogP contribution is -2.02. The lowest BCUT2D eigenvalue weighted by Gasteiger charge is -2.10. The number of rotatable bonds is 6. The fraction of sp³-hybridized carbons (Fsp3) is 0.0769. The van der Waals surface area contributed by atoms with E-state index < -0.39 is 5.97 Å². The first kappa shape index (κ1) is 21.9. The number of para-hydroxylation sites is 1. The number of fused-ring (bicyclic) bond motifs is 1. The van der Waals surface area contributed by atoms with Crippen molar-refractivity contribution in [1.82, 2.24) is 4.98 Å². The zero-order valence-corrected chi connectivity index (χ0v) is 18.7. The molecule has 160 valence electrons. The van der Waals surface area contributed by atoms with Gasteiger partial charge in [-0.3, -0.25) is 4.79 Å². The molecule has 0 aliphatic rings. The Bertz CT molecular complexity index is 1320. The van der Waals surface area contributed by atoms with E-state index >= 15 is 0 Å². The van der Waals surface area contributed by atoms with Crippen LogP contribution in [0.3, 0.4) is 0 Å². The summed E-state index contributed by atoms with van der Waals surface area (Å²) in [5.74, 6) is 0.704. The van der Waals surface area contributed by atoms with E-state index in [9.17, 15) is 4.79 Å². The van der Waals surface area contributed by atoms with Gasteiger partial charge in [0.2, 0.25) is 0 Å². The highest BCUT2D eigenvalue weighted by Gasteiger charge is 2.08. The van der Waals surface area contributed by atoms with Gasteiger partial charge in [0.15, 0.2) is 0 Å². The number of hydrogen-bond donors (Lipinski definition) is 0. The minimum absolute atomic E-state index is 0.342. The molecule has 4 rings (SSSR count). The molecule has 4 nitrogen and oxygen atoms in total. The summed E-state index contributed by atoms with van der Waals surface area (Å²) in [5, 5.41) is 2.17. The molecule has 0 saturated heterocycles. The van der Waals surface area contributed by atoms with Crippen LogP contribution >= 0.6 is 23.2 Å². The summed E-state index contributed by atoms with van der Waals surface area (Å²) in [4.78, 5) is 16.1. The summed E-state index contributed by atoms with van der Waals surface area (Å²) in [6.45, 7) is 1.70. The van der Waals surface area contributed by atoms with E-state index in [0.29, 0.717) is 33.7 Å². The molecule has 4 aromatic rings. The molecule has 0 radical (unpaired) electrons. The van der Waals surface area contributed by atoms with Gasteiger partial charge in [-0.05, 0) is 48.6 Å². The first-order valence-electron chi connectivity index (χ1n) is 9.91. The van der Waals surface area contributed by atoms with E-state index in [4.69, 9.17) is 37.7 Å². The van der Waals surface area contributed by atoms with Crippen LogP contribution in [-0.4, -0.2) is 11.0 Å². The monoisotopic (exact) mass is 463 g/mol. The molecule has 32 heavy (non-hydrogen) atoms. The Morgan fingerprint density at radius 2 is 1.78 bits per heavy atom. The number of hydrogen-bond acceptors (Lipinski definition) is 4. The van der Waals surface area contributed by atoms with Crippen LogP contribution < -0.4 is 9.47 Å². The summed E-state index contributed by atoms with van der Waals surface area (Å²) in [5.41, 5.74) is 3.05. The molecule has 0 spiro atoms. The highest BCUT2D eigenvalue weighted by Crippen LogP contribution is 2.28. The summed E-state index contributed by atoms with van der Waals surface area (Å²) in [7, 11) is 0. The summed E-state index contributed by atoms with van der Waals surface area (Å²) in [6.07, 6.45) is 3.65. The van der Waals surface area contributed by atoms with Gasteiger partial charge in [-0.25, -0.2) is 4.98 Å². The SMILES string of the molecule is CC(=O)Oc1ccc(Cl)cc1C=Cc1ccc2cccc(OCc3ccccc3Cl)c2n1. The molecule has 0 unspecified atom stereocenters. The van der Waals surface area contributed by atoms with E-state index in [1.165, 1.54) is 6.92 Å². The Hall–Kier alpha value is -3.34. The third-order valence-corrected chi connectivity index (χ3v) is 5.31. The Balaban J connectivity index is 1.62. The van der Waals surface area contributed by atoms with Gasteiger partial charge in [-0.1, -0.05) is 59.6 Å². The maximum Gasteiger partial charge on any atom is 0.308 e. The van der Waals surface area contributed by atoms with E-state index in [0.717, 1.165) is 22.2 Å². The van der Waals surface area contributed by atoms with Crippen LogP contribution in [0.25, 0.3) is 23.1 Å². The van der Waals surface area contributed by atoms with Gasteiger partial charge in [0.25, 0.3) is 0 Å². The largest absolute Gasteiger partial charge is 0.487 e. The molecule has 0 amide bonds. The fourth-order valence-corrected chi connectivity index (χ4v) is 3.56. The first-order chi connectivity index (χ1) is 15.5. The van der Waals surface area contributed by atoms with E-state index in [1.54, 1.807) is 18.2 Å². The van der Waals surface area contributed by atoms with Crippen molar-refractivity contribution >= 4 is 52.2 Å². The Morgan fingerprint density at radius 1 is 0.938 bits per heavy atom. The number of carbonyl (C=O) groups excluding carboxylic acids is 1. The number of halogens is 2. The van der Waals surface area contributed by atoms with Gasteiger partial charge in [-0.2, -0.15) is 0 Å². The van der Waals surface area contributed by atoms with Crippen molar-refractivity contribution in [3.63, 3.8) is 0 Å². The Labute approximate surface area is 196 Å². The van der Waals surface area contributed by atoms with Crippen molar-refractivity contribution < 1.29 is 14.3 Å². The third-order valence-electron chi connectivity index (χ3n) is 4.70. The molecular formula is C26H19Cl2NO3. The van der Waals surface area contributed by atoms with Gasteiger partial charge >= 0.3 is 5.97 Å². The zero-order valence-electron chi connectivity index (χ0n) is 17.2. The van der Waals surface area contributed by atoms with Gasteiger partial charge in [0.1, 0.15) is 23.6 Å². The van der Waals surface area contributed by atoms with Crippen molar-refractivity contribution in [3.05, 3.63) is 99.7 Å². The Kier molecular flexibility index (Phi) is 6.74.